The van der Waals surface area contributed by atoms with E-state index < -0.39 is 17.6 Å². The summed E-state index contributed by atoms with van der Waals surface area (Å²) < 4.78 is 38.7. The van der Waals surface area contributed by atoms with Crippen LogP contribution >= 0.6 is 11.8 Å². The van der Waals surface area contributed by atoms with Crippen LogP contribution in [0, 0.1) is 0 Å². The molecule has 8 heteroatoms. The van der Waals surface area contributed by atoms with Crippen molar-refractivity contribution in [1.29, 1.82) is 0 Å². The van der Waals surface area contributed by atoms with Gasteiger partial charge in [-0.25, -0.2) is 9.97 Å². The molecule has 3 aromatic carbocycles. The number of amides is 1. The Morgan fingerprint density at radius 1 is 0.875 bits per heavy atom. The topological polar surface area (TPSA) is 54.9 Å². The van der Waals surface area contributed by atoms with Gasteiger partial charge in [-0.1, -0.05) is 60.3 Å². The molecule has 0 fully saturated rings. The first-order valence-electron chi connectivity index (χ1n) is 9.78. The zero-order chi connectivity index (χ0) is 22.6. The normalized spacial score (nSPS) is 11.5. The Hall–Kier alpha value is -3.39. The van der Waals surface area contributed by atoms with E-state index in [1.54, 1.807) is 0 Å². The van der Waals surface area contributed by atoms with E-state index >= 15 is 0 Å². The van der Waals surface area contributed by atoms with Crippen molar-refractivity contribution in [1.82, 2.24) is 9.97 Å². The van der Waals surface area contributed by atoms with Crippen molar-refractivity contribution in [2.24, 2.45) is 0 Å². The summed E-state index contributed by atoms with van der Waals surface area (Å²) in [5.41, 5.74) is 2.56. The fraction of sp³-hybridized carbons (Fsp3) is 0.125. The van der Waals surface area contributed by atoms with Crippen molar-refractivity contribution in [2.75, 3.05) is 11.1 Å². The highest BCUT2D eigenvalue weighted by Gasteiger charge is 2.30. The molecule has 0 atom stereocenters. The fourth-order valence-corrected chi connectivity index (χ4v) is 3.93. The van der Waals surface area contributed by atoms with Gasteiger partial charge in [0.05, 0.1) is 28.0 Å². The van der Waals surface area contributed by atoms with Crippen LogP contribution in [-0.2, 0) is 17.4 Å². The van der Waals surface area contributed by atoms with Crippen molar-refractivity contribution >= 4 is 34.4 Å². The average Bonchev–Trinajstić information content (AvgIpc) is 2.78. The van der Waals surface area contributed by atoms with E-state index in [4.69, 9.17) is 4.98 Å². The highest BCUT2D eigenvalue weighted by molar-refractivity contribution is 8.00. The summed E-state index contributed by atoms with van der Waals surface area (Å²) in [5.74, 6) is -0.430. The van der Waals surface area contributed by atoms with E-state index in [0.717, 1.165) is 28.9 Å². The Bertz CT molecular complexity index is 1250. The SMILES string of the molecule is O=C(CSc1nc2ccccc2nc1Cc1ccccc1)Nc1cccc(C(F)(F)F)c1. The number of alkyl halides is 3. The molecule has 0 saturated carbocycles. The summed E-state index contributed by atoms with van der Waals surface area (Å²) in [6.07, 6.45) is -3.92. The molecule has 1 N–H and O–H groups in total. The molecule has 0 aliphatic rings. The number of fused-ring (bicyclic) bond motifs is 1. The first-order chi connectivity index (χ1) is 15.4. The van der Waals surface area contributed by atoms with Gasteiger partial charge in [0.15, 0.2) is 0 Å². The smallest absolute Gasteiger partial charge is 0.325 e. The molecule has 4 aromatic rings. The van der Waals surface area contributed by atoms with Gasteiger partial charge in [-0.3, -0.25) is 4.79 Å². The molecule has 0 spiro atoms. The molecule has 1 amide bonds. The van der Waals surface area contributed by atoms with Crippen molar-refractivity contribution < 1.29 is 18.0 Å². The number of anilines is 1. The maximum Gasteiger partial charge on any atom is 0.416 e. The standard InChI is InChI=1S/C24H18F3N3OS/c25-24(26,27)17-9-6-10-18(14-17)28-22(31)15-32-23-21(13-16-7-2-1-3-8-16)29-19-11-4-5-12-20(19)30-23/h1-12,14H,13,15H2,(H,28,31). The van der Waals surface area contributed by atoms with E-state index in [1.807, 2.05) is 54.6 Å². The van der Waals surface area contributed by atoms with Crippen LogP contribution in [0.25, 0.3) is 11.0 Å². The lowest BCUT2D eigenvalue weighted by Gasteiger charge is -2.11. The molecule has 1 aromatic heterocycles. The third-order valence-corrected chi connectivity index (χ3v) is 5.64. The number of thioether (sulfide) groups is 1. The second-order valence-electron chi connectivity index (χ2n) is 7.04. The molecule has 0 aliphatic heterocycles. The maximum absolute atomic E-state index is 12.9. The number of hydrogen-bond donors (Lipinski definition) is 1. The number of benzene rings is 3. The Morgan fingerprint density at radius 2 is 1.56 bits per heavy atom. The highest BCUT2D eigenvalue weighted by Crippen LogP contribution is 2.31. The number of nitrogens with zero attached hydrogens (tertiary/aromatic N) is 2. The molecular weight excluding hydrogens is 435 g/mol. The second kappa shape index (κ2) is 9.40. The Labute approximate surface area is 186 Å². The van der Waals surface area contributed by atoms with Crippen molar-refractivity contribution in [2.45, 2.75) is 17.6 Å². The van der Waals surface area contributed by atoms with Crippen LogP contribution in [0.5, 0.6) is 0 Å². The van der Waals surface area contributed by atoms with Gasteiger partial charge in [-0.05, 0) is 35.9 Å². The minimum atomic E-state index is -4.47. The highest BCUT2D eigenvalue weighted by atomic mass is 32.2. The average molecular weight is 453 g/mol. The number of aromatic nitrogens is 2. The van der Waals surface area contributed by atoms with Crippen molar-refractivity contribution in [3.8, 4) is 0 Å². The van der Waals surface area contributed by atoms with Crippen LogP contribution in [0.1, 0.15) is 16.8 Å². The number of para-hydroxylation sites is 2. The summed E-state index contributed by atoms with van der Waals surface area (Å²) in [6, 6.07) is 21.9. The molecule has 0 bridgehead atoms. The number of halogens is 3. The predicted molar refractivity (Wildman–Crippen MR) is 120 cm³/mol. The lowest BCUT2D eigenvalue weighted by molar-refractivity contribution is -0.137. The van der Waals surface area contributed by atoms with Gasteiger partial charge in [-0.15, -0.1) is 0 Å². The number of hydrogen-bond acceptors (Lipinski definition) is 4. The summed E-state index contributed by atoms with van der Waals surface area (Å²) in [7, 11) is 0. The fourth-order valence-electron chi connectivity index (χ4n) is 3.14. The molecule has 4 rings (SSSR count). The van der Waals surface area contributed by atoms with Crippen LogP contribution in [-0.4, -0.2) is 21.6 Å². The number of nitrogens with one attached hydrogen (secondary N) is 1. The first-order valence-corrected chi connectivity index (χ1v) is 10.8. The van der Waals surface area contributed by atoms with E-state index in [2.05, 4.69) is 10.3 Å². The molecule has 0 radical (unpaired) electrons. The molecule has 4 nitrogen and oxygen atoms in total. The predicted octanol–water partition coefficient (Wildman–Crippen LogP) is 5.97. The summed E-state index contributed by atoms with van der Waals surface area (Å²) >= 11 is 1.21. The maximum atomic E-state index is 12.9. The van der Waals surface area contributed by atoms with Gasteiger partial charge >= 0.3 is 6.18 Å². The number of rotatable bonds is 6. The van der Waals surface area contributed by atoms with Gasteiger partial charge in [0, 0.05) is 12.1 Å². The van der Waals surface area contributed by atoms with Crippen LogP contribution < -0.4 is 5.32 Å². The molecule has 0 saturated heterocycles. The van der Waals surface area contributed by atoms with Gasteiger partial charge in [-0.2, -0.15) is 13.2 Å². The third kappa shape index (κ3) is 5.45. The molecule has 0 aliphatic carbocycles. The van der Waals surface area contributed by atoms with E-state index in [-0.39, 0.29) is 11.4 Å². The lowest BCUT2D eigenvalue weighted by Crippen LogP contribution is -2.15. The first kappa shape index (κ1) is 21.8. The molecule has 32 heavy (non-hydrogen) atoms. The monoisotopic (exact) mass is 453 g/mol. The number of carbonyl (C=O) groups is 1. The number of carbonyl (C=O) groups excluding carboxylic acids is 1. The van der Waals surface area contributed by atoms with Crippen LogP contribution in [0.4, 0.5) is 18.9 Å². The van der Waals surface area contributed by atoms with E-state index in [0.29, 0.717) is 17.0 Å². The summed E-state index contributed by atoms with van der Waals surface area (Å²) in [6.45, 7) is 0. The zero-order valence-electron chi connectivity index (χ0n) is 16.8. The van der Waals surface area contributed by atoms with Crippen LogP contribution in [0.15, 0.2) is 83.9 Å². The Morgan fingerprint density at radius 3 is 2.28 bits per heavy atom. The van der Waals surface area contributed by atoms with Crippen molar-refractivity contribution in [3.05, 3.63) is 95.7 Å². The van der Waals surface area contributed by atoms with Gasteiger partial charge in [0.25, 0.3) is 0 Å². The van der Waals surface area contributed by atoms with Crippen LogP contribution in [0.3, 0.4) is 0 Å². The largest absolute Gasteiger partial charge is 0.416 e. The zero-order valence-corrected chi connectivity index (χ0v) is 17.6. The summed E-state index contributed by atoms with van der Waals surface area (Å²) in [5, 5.41) is 3.14. The molecule has 1 heterocycles. The van der Waals surface area contributed by atoms with Gasteiger partial charge in [0.2, 0.25) is 5.91 Å². The molecular formula is C24H18F3N3OS. The lowest BCUT2D eigenvalue weighted by atomic mass is 10.1. The summed E-state index contributed by atoms with van der Waals surface area (Å²) in [4.78, 5) is 21.8. The third-order valence-electron chi connectivity index (χ3n) is 4.63. The molecule has 0 unspecified atom stereocenters. The Kier molecular flexibility index (Phi) is 6.41. The minimum absolute atomic E-state index is 0.00887. The van der Waals surface area contributed by atoms with Crippen molar-refractivity contribution in [3.63, 3.8) is 0 Å². The van der Waals surface area contributed by atoms with E-state index in [9.17, 15) is 18.0 Å². The van der Waals surface area contributed by atoms with Gasteiger partial charge < -0.3 is 5.32 Å². The van der Waals surface area contributed by atoms with Crippen LogP contribution in [0.2, 0.25) is 0 Å². The molecule has 162 valence electrons. The Balaban J connectivity index is 1.52. The van der Waals surface area contributed by atoms with Gasteiger partial charge in [0.1, 0.15) is 5.03 Å². The minimum Gasteiger partial charge on any atom is -0.325 e. The quantitative estimate of drug-likeness (QED) is 0.366. The van der Waals surface area contributed by atoms with E-state index in [1.165, 1.54) is 23.9 Å². The second-order valence-corrected chi connectivity index (χ2v) is 8.01.